The molecule has 0 radical (unpaired) electrons. The molecule has 1 aromatic rings. The van der Waals surface area contributed by atoms with Crippen molar-refractivity contribution in [3.05, 3.63) is 47.5 Å². The van der Waals surface area contributed by atoms with Crippen LogP contribution in [0, 0.1) is 11.3 Å². The smallest absolute Gasteiger partial charge is 0.331 e. The zero-order valence-electron chi connectivity index (χ0n) is 23.1. The summed E-state index contributed by atoms with van der Waals surface area (Å²) in [4.78, 5) is 40.4. The second-order valence-electron chi connectivity index (χ2n) is 11.1. The summed E-state index contributed by atoms with van der Waals surface area (Å²) < 4.78 is 0. The molecule has 7 heteroatoms. The summed E-state index contributed by atoms with van der Waals surface area (Å²) in [7, 11) is 3.42. The van der Waals surface area contributed by atoms with Crippen LogP contribution < -0.4 is 10.6 Å². The summed E-state index contributed by atoms with van der Waals surface area (Å²) in [6.07, 6.45) is 2.40. The quantitative estimate of drug-likeness (QED) is 0.410. The van der Waals surface area contributed by atoms with Gasteiger partial charge in [0.05, 0.1) is 12.1 Å². The van der Waals surface area contributed by atoms with Gasteiger partial charge < -0.3 is 20.6 Å². The Morgan fingerprint density at radius 2 is 1.60 bits per heavy atom. The number of aliphatic carboxylic acids is 1. The van der Waals surface area contributed by atoms with E-state index in [1.165, 1.54) is 6.92 Å². The first-order valence-electron chi connectivity index (χ1n) is 12.3. The molecule has 0 saturated heterocycles. The van der Waals surface area contributed by atoms with Crippen molar-refractivity contribution in [1.29, 1.82) is 0 Å². The van der Waals surface area contributed by atoms with Gasteiger partial charge in [0.2, 0.25) is 11.8 Å². The van der Waals surface area contributed by atoms with Gasteiger partial charge in [0, 0.05) is 18.0 Å². The minimum absolute atomic E-state index is 0.0386. The van der Waals surface area contributed by atoms with Crippen LogP contribution in [0.4, 0.5) is 0 Å². The molecule has 0 heterocycles. The predicted molar refractivity (Wildman–Crippen MR) is 141 cm³/mol. The van der Waals surface area contributed by atoms with E-state index in [2.05, 4.69) is 10.6 Å². The highest BCUT2D eigenvalue weighted by atomic mass is 16.4. The van der Waals surface area contributed by atoms with Crippen molar-refractivity contribution in [1.82, 2.24) is 15.5 Å². The summed E-state index contributed by atoms with van der Waals surface area (Å²) in [6.45, 7) is 15.3. The number of likely N-dealkylation sites (N-methyl/N-ethyl adjacent to an activating group) is 2. The van der Waals surface area contributed by atoms with Crippen LogP contribution in [0.5, 0.6) is 0 Å². The van der Waals surface area contributed by atoms with Gasteiger partial charge in [-0.25, -0.2) is 4.79 Å². The fourth-order valence-corrected chi connectivity index (χ4v) is 4.31. The Kier molecular flexibility index (Phi) is 10.7. The molecule has 1 aromatic carbocycles. The molecule has 0 saturated carbocycles. The van der Waals surface area contributed by atoms with Gasteiger partial charge in [0.25, 0.3) is 0 Å². The molecule has 196 valence electrons. The molecule has 2 amide bonds. The van der Waals surface area contributed by atoms with E-state index in [1.54, 1.807) is 25.1 Å². The zero-order chi connectivity index (χ0) is 27.1. The molecule has 1 rings (SSSR count). The number of carbonyl (C=O) groups is 3. The standard InChI is InChI=1S/C28H45N3O4/c1-11-18(2)21(17-19(3)26(34)35)31(10)25(33)23(27(4,5)6)30-24(32)22(29-9)28(7,8)20-15-13-12-14-16-20/h12-18,21-23,29H,11H2,1-10H3,(H,30,32)(H,34,35)/t18?,21-,22-,23-/m1/s1. The van der Waals surface area contributed by atoms with Crippen LogP contribution in [0.25, 0.3) is 0 Å². The van der Waals surface area contributed by atoms with Crippen molar-refractivity contribution in [2.24, 2.45) is 11.3 Å². The normalized spacial score (nSPS) is 16.1. The molecule has 0 aliphatic rings. The first-order chi connectivity index (χ1) is 16.1. The maximum atomic E-state index is 13.8. The van der Waals surface area contributed by atoms with E-state index >= 15 is 0 Å². The first-order valence-corrected chi connectivity index (χ1v) is 12.3. The van der Waals surface area contributed by atoms with Gasteiger partial charge >= 0.3 is 5.97 Å². The SMILES string of the molecule is CCC(C)[C@@H](C=C(C)C(=O)O)N(C)C(=O)[C@@H](NC(=O)[C@@H](NC)C(C)(C)c1ccccc1)C(C)(C)C. The Labute approximate surface area is 211 Å². The number of amides is 2. The molecular formula is C28H45N3O4. The average Bonchev–Trinajstić information content (AvgIpc) is 2.79. The third-order valence-corrected chi connectivity index (χ3v) is 6.97. The zero-order valence-corrected chi connectivity index (χ0v) is 23.1. The van der Waals surface area contributed by atoms with Gasteiger partial charge in [-0.1, -0.05) is 91.3 Å². The Hall–Kier alpha value is -2.67. The summed E-state index contributed by atoms with van der Waals surface area (Å²) in [6, 6.07) is 8.02. The predicted octanol–water partition coefficient (Wildman–Crippen LogP) is 3.99. The van der Waals surface area contributed by atoms with Crippen LogP contribution in [0.15, 0.2) is 42.0 Å². The monoisotopic (exact) mass is 487 g/mol. The number of carbonyl (C=O) groups excluding carboxylic acids is 2. The lowest BCUT2D eigenvalue weighted by Crippen LogP contribution is -2.61. The van der Waals surface area contributed by atoms with Crippen molar-refractivity contribution in [2.75, 3.05) is 14.1 Å². The molecule has 7 nitrogen and oxygen atoms in total. The Bertz CT molecular complexity index is 903. The highest BCUT2D eigenvalue weighted by Crippen LogP contribution is 2.29. The maximum absolute atomic E-state index is 13.8. The average molecular weight is 488 g/mol. The van der Waals surface area contributed by atoms with E-state index < -0.39 is 34.9 Å². The fraction of sp³-hybridized carbons (Fsp3) is 0.607. The molecule has 0 bridgehead atoms. The van der Waals surface area contributed by atoms with Gasteiger partial charge in [-0.2, -0.15) is 0 Å². The molecule has 35 heavy (non-hydrogen) atoms. The van der Waals surface area contributed by atoms with Crippen LogP contribution in [0.1, 0.15) is 67.4 Å². The second kappa shape index (κ2) is 12.3. The Morgan fingerprint density at radius 1 is 1.06 bits per heavy atom. The molecule has 4 atom stereocenters. The highest BCUT2D eigenvalue weighted by molar-refractivity contribution is 5.91. The van der Waals surface area contributed by atoms with Crippen LogP contribution in [0.2, 0.25) is 0 Å². The molecule has 1 unspecified atom stereocenters. The summed E-state index contributed by atoms with van der Waals surface area (Å²) in [5.41, 5.74) is 0.0994. The lowest BCUT2D eigenvalue weighted by atomic mass is 9.76. The molecule has 0 aliphatic heterocycles. The number of carboxylic acid groups (broad SMARTS) is 1. The van der Waals surface area contributed by atoms with Gasteiger partial charge in [-0.3, -0.25) is 9.59 Å². The van der Waals surface area contributed by atoms with Crippen LogP contribution in [-0.4, -0.2) is 60.0 Å². The first kappa shape index (κ1) is 30.4. The second-order valence-corrected chi connectivity index (χ2v) is 11.1. The number of rotatable bonds is 11. The van der Waals surface area contributed by atoms with Crippen molar-refractivity contribution in [2.45, 2.75) is 85.4 Å². The Morgan fingerprint density at radius 3 is 2.03 bits per heavy atom. The molecule has 0 aromatic heterocycles. The topological polar surface area (TPSA) is 98.7 Å². The lowest BCUT2D eigenvalue weighted by molar-refractivity contribution is -0.141. The van der Waals surface area contributed by atoms with Crippen molar-refractivity contribution < 1.29 is 19.5 Å². The third-order valence-electron chi connectivity index (χ3n) is 6.97. The molecule has 0 aliphatic carbocycles. The largest absolute Gasteiger partial charge is 0.478 e. The summed E-state index contributed by atoms with van der Waals surface area (Å²) in [5.74, 6) is -1.49. The van der Waals surface area contributed by atoms with Crippen LogP contribution in [-0.2, 0) is 19.8 Å². The molecule has 3 N–H and O–H groups in total. The Balaban J connectivity index is 3.32. The van der Waals surface area contributed by atoms with E-state index in [-0.39, 0.29) is 23.3 Å². The van der Waals surface area contributed by atoms with Crippen molar-refractivity contribution in [3.63, 3.8) is 0 Å². The van der Waals surface area contributed by atoms with E-state index in [0.29, 0.717) is 0 Å². The number of nitrogens with one attached hydrogen (secondary N) is 2. The minimum atomic E-state index is -1.01. The van der Waals surface area contributed by atoms with E-state index in [1.807, 2.05) is 78.8 Å². The summed E-state index contributed by atoms with van der Waals surface area (Å²) >= 11 is 0. The van der Waals surface area contributed by atoms with E-state index in [0.717, 1.165) is 12.0 Å². The summed E-state index contributed by atoms with van der Waals surface area (Å²) in [5, 5.41) is 15.6. The molecule has 0 spiro atoms. The highest BCUT2D eigenvalue weighted by Gasteiger charge is 2.41. The fourth-order valence-electron chi connectivity index (χ4n) is 4.31. The number of benzene rings is 1. The maximum Gasteiger partial charge on any atom is 0.331 e. The third kappa shape index (κ3) is 7.66. The molecular weight excluding hydrogens is 442 g/mol. The molecule has 0 fully saturated rings. The number of hydrogen-bond acceptors (Lipinski definition) is 4. The number of nitrogens with zero attached hydrogens (tertiary/aromatic N) is 1. The van der Waals surface area contributed by atoms with Crippen LogP contribution in [0.3, 0.4) is 0 Å². The van der Waals surface area contributed by atoms with E-state index in [9.17, 15) is 19.5 Å². The van der Waals surface area contributed by atoms with E-state index in [4.69, 9.17) is 0 Å². The van der Waals surface area contributed by atoms with Crippen molar-refractivity contribution in [3.8, 4) is 0 Å². The number of hydrogen-bond donors (Lipinski definition) is 3. The minimum Gasteiger partial charge on any atom is -0.478 e. The van der Waals surface area contributed by atoms with Gasteiger partial charge in [0.15, 0.2) is 0 Å². The van der Waals surface area contributed by atoms with Crippen molar-refractivity contribution >= 4 is 17.8 Å². The van der Waals surface area contributed by atoms with Gasteiger partial charge in [0.1, 0.15) is 6.04 Å². The van der Waals surface area contributed by atoms with Crippen LogP contribution >= 0.6 is 0 Å². The van der Waals surface area contributed by atoms with Gasteiger partial charge in [-0.15, -0.1) is 0 Å². The number of carboxylic acids is 1. The lowest BCUT2D eigenvalue weighted by Gasteiger charge is -2.40. The van der Waals surface area contributed by atoms with Gasteiger partial charge in [-0.05, 0) is 30.9 Å².